The average Bonchev–Trinajstić information content (AvgIpc) is 2.67. The number of hydrogen-bond acceptors (Lipinski definition) is 4. The Morgan fingerprint density at radius 2 is 1.88 bits per heavy atom. The zero-order valence-corrected chi connectivity index (χ0v) is 14.9. The minimum atomic E-state index is 0.00576. The van der Waals surface area contributed by atoms with E-state index in [1.807, 2.05) is 4.90 Å². The summed E-state index contributed by atoms with van der Waals surface area (Å²) in [6.45, 7) is 7.08. The zero-order chi connectivity index (χ0) is 17.6. The lowest BCUT2D eigenvalue weighted by Gasteiger charge is -2.36. The Balaban J connectivity index is 1.56. The average molecular weight is 339 g/mol. The number of amides is 2. The predicted molar refractivity (Wildman–Crippen MR) is 98.6 cm³/mol. The van der Waals surface area contributed by atoms with Crippen molar-refractivity contribution >= 4 is 11.8 Å². The molecule has 1 aromatic heterocycles. The number of carbonyl (C=O) groups excluding carboxylic acids is 1. The summed E-state index contributed by atoms with van der Waals surface area (Å²) in [6, 6.07) is 8.41. The van der Waals surface area contributed by atoms with Crippen molar-refractivity contribution in [2.45, 2.75) is 26.3 Å². The van der Waals surface area contributed by atoms with Gasteiger partial charge in [0.1, 0.15) is 5.82 Å². The second-order valence-corrected chi connectivity index (χ2v) is 6.36. The van der Waals surface area contributed by atoms with E-state index in [9.17, 15) is 4.79 Å². The number of urea groups is 1. The molecule has 6 heteroatoms. The number of piperazine rings is 1. The summed E-state index contributed by atoms with van der Waals surface area (Å²) < 4.78 is 0. The summed E-state index contributed by atoms with van der Waals surface area (Å²) in [5.41, 5.74) is 2.38. The number of nitrogens with zero attached hydrogens (tertiary/aromatic N) is 4. The highest BCUT2D eigenvalue weighted by Gasteiger charge is 2.23. The van der Waals surface area contributed by atoms with Gasteiger partial charge in [0.2, 0.25) is 0 Å². The fraction of sp³-hybridized carbons (Fsp3) is 0.421. The fourth-order valence-corrected chi connectivity index (χ4v) is 3.05. The molecule has 1 fully saturated rings. The first-order chi connectivity index (χ1) is 12.2. The summed E-state index contributed by atoms with van der Waals surface area (Å²) >= 11 is 0. The number of hydrogen-bond donors (Lipinski definition) is 1. The Morgan fingerprint density at radius 3 is 2.48 bits per heavy atom. The van der Waals surface area contributed by atoms with Gasteiger partial charge in [-0.15, -0.1) is 0 Å². The van der Waals surface area contributed by atoms with Gasteiger partial charge in [-0.1, -0.05) is 36.8 Å². The SMILES string of the molecule is CCC(NC(=O)N1CCN(c2cnccn2)CC1)c1ccc(C)cc1. The zero-order valence-electron chi connectivity index (χ0n) is 14.9. The van der Waals surface area contributed by atoms with Crippen LogP contribution in [0.2, 0.25) is 0 Å². The van der Waals surface area contributed by atoms with E-state index in [1.165, 1.54) is 5.56 Å². The van der Waals surface area contributed by atoms with Gasteiger partial charge in [-0.05, 0) is 18.9 Å². The molecule has 1 aliphatic heterocycles. The molecule has 0 aliphatic carbocycles. The molecule has 0 spiro atoms. The van der Waals surface area contributed by atoms with E-state index >= 15 is 0 Å². The fourth-order valence-electron chi connectivity index (χ4n) is 3.05. The maximum atomic E-state index is 12.6. The molecule has 2 heterocycles. The van der Waals surface area contributed by atoms with Crippen LogP contribution in [-0.2, 0) is 0 Å². The number of benzene rings is 1. The second kappa shape index (κ2) is 7.96. The Labute approximate surface area is 148 Å². The standard InChI is InChI=1S/C19H25N5O/c1-3-17(16-6-4-15(2)5-7-16)22-19(25)24-12-10-23(11-13-24)18-14-20-8-9-21-18/h4-9,14,17H,3,10-13H2,1-2H3,(H,22,25). The Morgan fingerprint density at radius 1 is 1.16 bits per heavy atom. The van der Waals surface area contributed by atoms with Gasteiger partial charge in [0, 0.05) is 38.6 Å². The third-order valence-electron chi connectivity index (χ3n) is 4.63. The van der Waals surface area contributed by atoms with Gasteiger partial charge in [0.25, 0.3) is 0 Å². The number of rotatable bonds is 4. The molecule has 0 radical (unpaired) electrons. The quantitative estimate of drug-likeness (QED) is 0.930. The maximum absolute atomic E-state index is 12.6. The third-order valence-corrected chi connectivity index (χ3v) is 4.63. The summed E-state index contributed by atoms with van der Waals surface area (Å²) in [7, 11) is 0. The molecule has 1 saturated heterocycles. The number of nitrogens with one attached hydrogen (secondary N) is 1. The van der Waals surface area contributed by atoms with Crippen LogP contribution >= 0.6 is 0 Å². The molecule has 1 aromatic carbocycles. The van der Waals surface area contributed by atoms with Gasteiger partial charge in [-0.2, -0.15) is 0 Å². The molecule has 132 valence electrons. The van der Waals surface area contributed by atoms with Gasteiger partial charge in [-0.25, -0.2) is 9.78 Å². The molecule has 25 heavy (non-hydrogen) atoms. The van der Waals surface area contributed by atoms with Gasteiger partial charge in [-0.3, -0.25) is 4.98 Å². The summed E-state index contributed by atoms with van der Waals surface area (Å²) in [5.74, 6) is 0.869. The van der Waals surface area contributed by atoms with Crippen molar-refractivity contribution in [2.24, 2.45) is 0 Å². The lowest BCUT2D eigenvalue weighted by Crippen LogP contribution is -2.52. The molecule has 1 aliphatic rings. The monoisotopic (exact) mass is 339 g/mol. The third kappa shape index (κ3) is 4.26. The van der Waals surface area contributed by atoms with Crippen molar-refractivity contribution in [3.8, 4) is 0 Å². The van der Waals surface area contributed by atoms with Crippen molar-refractivity contribution in [2.75, 3.05) is 31.1 Å². The van der Waals surface area contributed by atoms with Crippen molar-refractivity contribution in [3.63, 3.8) is 0 Å². The van der Waals surface area contributed by atoms with E-state index < -0.39 is 0 Å². The van der Waals surface area contributed by atoms with E-state index in [0.29, 0.717) is 13.1 Å². The van der Waals surface area contributed by atoms with E-state index in [-0.39, 0.29) is 12.1 Å². The number of aromatic nitrogens is 2. The summed E-state index contributed by atoms with van der Waals surface area (Å²) in [6.07, 6.45) is 6.00. The molecule has 1 atom stereocenters. The van der Waals surface area contributed by atoms with Gasteiger partial charge in [0.05, 0.1) is 12.2 Å². The molecule has 1 N–H and O–H groups in total. The summed E-state index contributed by atoms with van der Waals surface area (Å²) in [5, 5.41) is 3.17. The molecule has 0 bridgehead atoms. The van der Waals surface area contributed by atoms with Gasteiger partial charge < -0.3 is 15.1 Å². The highest BCUT2D eigenvalue weighted by molar-refractivity contribution is 5.75. The molecular weight excluding hydrogens is 314 g/mol. The van der Waals surface area contributed by atoms with E-state index in [4.69, 9.17) is 0 Å². The van der Waals surface area contributed by atoms with Crippen LogP contribution in [0.15, 0.2) is 42.9 Å². The minimum Gasteiger partial charge on any atom is -0.352 e. The normalized spacial score (nSPS) is 15.8. The van der Waals surface area contributed by atoms with Crippen LogP contribution in [0.3, 0.4) is 0 Å². The Hall–Kier alpha value is -2.63. The first-order valence-corrected chi connectivity index (χ1v) is 8.80. The highest BCUT2D eigenvalue weighted by Crippen LogP contribution is 2.18. The topological polar surface area (TPSA) is 61.4 Å². The van der Waals surface area contributed by atoms with Crippen molar-refractivity contribution < 1.29 is 4.79 Å². The predicted octanol–water partition coefficient (Wildman–Crippen LogP) is 2.77. The number of aryl methyl sites for hydroxylation is 1. The molecule has 1 unspecified atom stereocenters. The Kier molecular flexibility index (Phi) is 5.48. The maximum Gasteiger partial charge on any atom is 0.318 e. The number of carbonyl (C=O) groups is 1. The number of anilines is 1. The molecule has 3 rings (SSSR count). The van der Waals surface area contributed by atoms with E-state index in [0.717, 1.165) is 30.9 Å². The highest BCUT2D eigenvalue weighted by atomic mass is 16.2. The molecular formula is C19H25N5O. The van der Waals surface area contributed by atoms with Crippen LogP contribution in [0.25, 0.3) is 0 Å². The first kappa shape index (κ1) is 17.2. The van der Waals surface area contributed by atoms with Crippen LogP contribution in [0, 0.1) is 6.92 Å². The molecule has 6 nitrogen and oxygen atoms in total. The second-order valence-electron chi connectivity index (χ2n) is 6.36. The smallest absolute Gasteiger partial charge is 0.318 e. The van der Waals surface area contributed by atoms with Crippen LogP contribution < -0.4 is 10.2 Å². The molecule has 2 amide bonds. The van der Waals surface area contributed by atoms with Crippen molar-refractivity contribution in [1.82, 2.24) is 20.2 Å². The van der Waals surface area contributed by atoms with Crippen molar-refractivity contribution in [3.05, 3.63) is 54.0 Å². The van der Waals surface area contributed by atoms with E-state index in [1.54, 1.807) is 18.6 Å². The minimum absolute atomic E-state index is 0.00576. The van der Waals surface area contributed by atoms with Crippen LogP contribution in [-0.4, -0.2) is 47.1 Å². The van der Waals surface area contributed by atoms with Gasteiger partial charge in [0.15, 0.2) is 0 Å². The lowest BCUT2D eigenvalue weighted by molar-refractivity contribution is 0.190. The van der Waals surface area contributed by atoms with E-state index in [2.05, 4.69) is 58.3 Å². The van der Waals surface area contributed by atoms with Crippen molar-refractivity contribution in [1.29, 1.82) is 0 Å². The lowest BCUT2D eigenvalue weighted by atomic mass is 10.0. The van der Waals surface area contributed by atoms with Crippen LogP contribution in [0.4, 0.5) is 10.6 Å². The van der Waals surface area contributed by atoms with Gasteiger partial charge >= 0.3 is 6.03 Å². The Bertz CT molecular complexity index is 681. The molecule has 2 aromatic rings. The largest absolute Gasteiger partial charge is 0.352 e. The molecule has 0 saturated carbocycles. The van der Waals surface area contributed by atoms with Crippen LogP contribution in [0.1, 0.15) is 30.5 Å². The van der Waals surface area contributed by atoms with Crippen LogP contribution in [0.5, 0.6) is 0 Å². The first-order valence-electron chi connectivity index (χ1n) is 8.80. The summed E-state index contributed by atoms with van der Waals surface area (Å²) in [4.78, 5) is 25.1.